The molecule has 1 aliphatic carbocycles. The van der Waals surface area contributed by atoms with Crippen LogP contribution in [-0.4, -0.2) is 13.2 Å². The molecule has 0 spiro atoms. The van der Waals surface area contributed by atoms with Gasteiger partial charge in [-0.05, 0) is 36.0 Å². The molecule has 1 saturated carbocycles. The van der Waals surface area contributed by atoms with Crippen LogP contribution in [0.15, 0.2) is 29.2 Å². The normalized spacial score (nSPS) is 18.1. The monoisotopic (exact) mass is 263 g/mol. The van der Waals surface area contributed by atoms with Crippen molar-refractivity contribution in [3.63, 3.8) is 0 Å². The molecule has 0 aliphatic heterocycles. The fraction of sp³-hybridized carbons (Fsp3) is 0.500. The lowest BCUT2D eigenvalue weighted by atomic mass is 9.87. The quantitative estimate of drug-likeness (QED) is 0.824. The van der Waals surface area contributed by atoms with Gasteiger partial charge in [0, 0.05) is 0 Å². The van der Waals surface area contributed by atoms with Crippen molar-refractivity contribution in [1.29, 1.82) is 5.26 Å². The van der Waals surface area contributed by atoms with Crippen LogP contribution in [0.25, 0.3) is 0 Å². The van der Waals surface area contributed by atoms with Crippen molar-refractivity contribution < 1.29 is 8.42 Å². The number of rotatable bonds is 2. The highest BCUT2D eigenvalue weighted by molar-refractivity contribution is 7.93. The van der Waals surface area contributed by atoms with Crippen LogP contribution in [-0.2, 0) is 15.3 Å². The first-order valence-electron chi connectivity index (χ1n) is 5.99. The van der Waals surface area contributed by atoms with E-state index in [1.165, 1.54) is 0 Å². The van der Waals surface area contributed by atoms with Gasteiger partial charge in [-0.2, -0.15) is 5.26 Å². The minimum Gasteiger partial charge on any atom is -0.222 e. The number of sulfone groups is 1. The molecule has 1 fully saturated rings. The summed E-state index contributed by atoms with van der Waals surface area (Å²) in [6, 6.07) is 8.85. The van der Waals surface area contributed by atoms with Crippen molar-refractivity contribution in [3.05, 3.63) is 29.8 Å². The molecule has 0 N–H and O–H groups in total. The van der Waals surface area contributed by atoms with Crippen molar-refractivity contribution in [2.75, 3.05) is 0 Å². The van der Waals surface area contributed by atoms with Crippen molar-refractivity contribution in [3.8, 4) is 6.07 Å². The maximum atomic E-state index is 12.3. The van der Waals surface area contributed by atoms with Gasteiger partial charge in [-0.1, -0.05) is 32.9 Å². The number of hydrogen-bond acceptors (Lipinski definition) is 3. The smallest absolute Gasteiger partial charge is 0.197 e. The first-order chi connectivity index (χ1) is 8.23. The van der Waals surface area contributed by atoms with E-state index in [0.717, 1.165) is 5.56 Å². The Kier molecular flexibility index (Phi) is 2.78. The molecule has 0 unspecified atom stereocenters. The average Bonchev–Trinajstić information content (AvgIpc) is 3.09. The van der Waals surface area contributed by atoms with Crippen LogP contribution in [0, 0.1) is 11.3 Å². The highest BCUT2D eigenvalue weighted by Crippen LogP contribution is 2.46. The van der Waals surface area contributed by atoms with E-state index in [0.29, 0.717) is 12.8 Å². The maximum Gasteiger partial charge on any atom is 0.197 e. The molecule has 1 aromatic carbocycles. The fourth-order valence-corrected chi connectivity index (χ4v) is 3.62. The van der Waals surface area contributed by atoms with E-state index in [4.69, 9.17) is 5.26 Å². The highest BCUT2D eigenvalue weighted by Gasteiger charge is 2.55. The predicted octanol–water partition coefficient (Wildman–Crippen LogP) is 2.81. The third kappa shape index (κ3) is 1.93. The summed E-state index contributed by atoms with van der Waals surface area (Å²) in [5.41, 5.74) is 1.08. The van der Waals surface area contributed by atoms with E-state index in [-0.39, 0.29) is 10.3 Å². The largest absolute Gasteiger partial charge is 0.222 e. The van der Waals surface area contributed by atoms with Gasteiger partial charge in [0.15, 0.2) is 14.6 Å². The molecule has 1 aromatic rings. The first-order valence-corrected chi connectivity index (χ1v) is 7.48. The summed E-state index contributed by atoms with van der Waals surface area (Å²) in [7, 11) is -3.50. The lowest BCUT2D eigenvalue weighted by Gasteiger charge is -2.19. The summed E-state index contributed by atoms with van der Waals surface area (Å²) in [4.78, 5) is 0.259. The van der Waals surface area contributed by atoms with Crippen molar-refractivity contribution >= 4 is 9.84 Å². The predicted molar refractivity (Wildman–Crippen MR) is 69.9 cm³/mol. The molecular weight excluding hydrogens is 246 g/mol. The molecule has 2 rings (SSSR count). The minimum atomic E-state index is -3.50. The van der Waals surface area contributed by atoms with E-state index in [1.807, 2.05) is 18.2 Å². The molecule has 0 amide bonds. The third-order valence-corrected chi connectivity index (χ3v) is 5.87. The first kappa shape index (κ1) is 13.1. The molecule has 0 aromatic heterocycles. The number of nitriles is 1. The summed E-state index contributed by atoms with van der Waals surface area (Å²) in [6.07, 6.45) is 0.902. The Bertz CT molecular complexity index is 597. The summed E-state index contributed by atoms with van der Waals surface area (Å²) < 4.78 is 23.4. The number of nitrogens with zero attached hydrogens (tertiary/aromatic N) is 1. The fourth-order valence-electron chi connectivity index (χ4n) is 1.91. The van der Waals surface area contributed by atoms with Gasteiger partial charge in [0.1, 0.15) is 0 Å². The zero-order valence-corrected chi connectivity index (χ0v) is 11.7. The second-order valence-electron chi connectivity index (χ2n) is 5.88. The van der Waals surface area contributed by atoms with Crippen LogP contribution in [0.5, 0.6) is 0 Å². The lowest BCUT2D eigenvalue weighted by Crippen LogP contribution is -2.21. The van der Waals surface area contributed by atoms with Gasteiger partial charge in [-0.3, -0.25) is 0 Å². The van der Waals surface area contributed by atoms with Crippen molar-refractivity contribution in [1.82, 2.24) is 0 Å². The van der Waals surface area contributed by atoms with E-state index in [9.17, 15) is 8.42 Å². The van der Waals surface area contributed by atoms with Gasteiger partial charge < -0.3 is 0 Å². The van der Waals surface area contributed by atoms with E-state index in [1.54, 1.807) is 12.1 Å². The van der Waals surface area contributed by atoms with Crippen LogP contribution in [0.2, 0.25) is 0 Å². The molecule has 1 aliphatic rings. The summed E-state index contributed by atoms with van der Waals surface area (Å²) in [5.74, 6) is 0. The van der Waals surface area contributed by atoms with E-state index < -0.39 is 14.6 Å². The number of hydrogen-bond donors (Lipinski definition) is 0. The molecule has 18 heavy (non-hydrogen) atoms. The molecule has 0 bridgehead atoms. The lowest BCUT2D eigenvalue weighted by molar-refractivity contribution is 0.583. The third-order valence-electron chi connectivity index (χ3n) is 3.45. The van der Waals surface area contributed by atoms with E-state index >= 15 is 0 Å². The molecular formula is C14H17NO2S. The zero-order chi connectivity index (χ0) is 13.6. The Hall–Kier alpha value is -1.34. The standard InChI is InChI=1S/C14H17NO2S/c1-13(2,3)11-4-6-12(7-5-11)18(16,17)14(10-15)8-9-14/h4-7H,8-9H2,1-3H3. The Balaban J connectivity index is 2.40. The Morgan fingerprint density at radius 2 is 1.67 bits per heavy atom. The SMILES string of the molecule is CC(C)(C)c1ccc(S(=O)(=O)C2(C#N)CC2)cc1. The second-order valence-corrected chi connectivity index (χ2v) is 8.14. The van der Waals surface area contributed by atoms with Gasteiger partial charge in [0.2, 0.25) is 0 Å². The van der Waals surface area contributed by atoms with Crippen LogP contribution in [0.3, 0.4) is 0 Å². The highest BCUT2D eigenvalue weighted by atomic mass is 32.2. The summed E-state index contributed by atoms with van der Waals surface area (Å²) in [6.45, 7) is 6.23. The Morgan fingerprint density at radius 3 is 2.00 bits per heavy atom. The molecule has 4 heteroatoms. The van der Waals surface area contributed by atoms with Crippen LogP contribution in [0.4, 0.5) is 0 Å². The second kappa shape index (κ2) is 3.83. The summed E-state index contributed by atoms with van der Waals surface area (Å²) >= 11 is 0. The molecule has 0 radical (unpaired) electrons. The molecule has 3 nitrogen and oxygen atoms in total. The molecule has 0 heterocycles. The maximum absolute atomic E-state index is 12.3. The minimum absolute atomic E-state index is 0.00517. The molecule has 0 atom stereocenters. The Morgan fingerprint density at radius 1 is 1.17 bits per heavy atom. The average molecular weight is 263 g/mol. The van der Waals surface area contributed by atoms with Crippen LogP contribution >= 0.6 is 0 Å². The van der Waals surface area contributed by atoms with Gasteiger partial charge in [0.05, 0.1) is 11.0 Å². The Labute approximate surface area is 108 Å². The zero-order valence-electron chi connectivity index (χ0n) is 10.9. The summed E-state index contributed by atoms with van der Waals surface area (Å²) in [5, 5.41) is 9.01. The molecule has 0 saturated heterocycles. The van der Waals surface area contributed by atoms with Crippen molar-refractivity contribution in [2.45, 2.75) is 48.7 Å². The van der Waals surface area contributed by atoms with Crippen molar-refractivity contribution in [2.24, 2.45) is 0 Å². The van der Waals surface area contributed by atoms with Gasteiger partial charge in [-0.15, -0.1) is 0 Å². The number of benzene rings is 1. The van der Waals surface area contributed by atoms with Gasteiger partial charge in [0.25, 0.3) is 0 Å². The van der Waals surface area contributed by atoms with Crippen LogP contribution in [0.1, 0.15) is 39.2 Å². The molecule has 96 valence electrons. The van der Waals surface area contributed by atoms with Gasteiger partial charge in [-0.25, -0.2) is 8.42 Å². The van der Waals surface area contributed by atoms with Gasteiger partial charge >= 0.3 is 0 Å². The van der Waals surface area contributed by atoms with Crippen LogP contribution < -0.4 is 0 Å². The van der Waals surface area contributed by atoms with E-state index in [2.05, 4.69) is 20.8 Å². The topological polar surface area (TPSA) is 57.9 Å².